The summed E-state index contributed by atoms with van der Waals surface area (Å²) in [6, 6.07) is 8.13. The Morgan fingerprint density at radius 1 is 1.29 bits per heavy atom. The molecule has 112 valence electrons. The summed E-state index contributed by atoms with van der Waals surface area (Å²) in [5.74, 6) is -0.0718. The van der Waals surface area contributed by atoms with Gasteiger partial charge in [0.25, 0.3) is 0 Å². The molecule has 0 bridgehead atoms. The second-order valence-electron chi connectivity index (χ2n) is 5.30. The lowest BCUT2D eigenvalue weighted by atomic mass is 10.1. The van der Waals surface area contributed by atoms with Crippen molar-refractivity contribution in [2.24, 2.45) is 5.73 Å². The van der Waals surface area contributed by atoms with Crippen molar-refractivity contribution in [2.45, 2.75) is 27.3 Å². The van der Waals surface area contributed by atoms with Crippen molar-refractivity contribution >= 4 is 5.91 Å². The second kappa shape index (κ2) is 6.10. The number of aromatic nitrogens is 2. The van der Waals surface area contributed by atoms with E-state index in [4.69, 9.17) is 5.73 Å². The molecule has 5 nitrogen and oxygen atoms in total. The first-order valence-corrected chi connectivity index (χ1v) is 7.00. The van der Waals surface area contributed by atoms with Crippen LogP contribution in [0, 0.1) is 20.8 Å². The summed E-state index contributed by atoms with van der Waals surface area (Å²) in [5.41, 5.74) is 10.7. The lowest BCUT2D eigenvalue weighted by Gasteiger charge is -2.16. The van der Waals surface area contributed by atoms with Gasteiger partial charge in [0, 0.05) is 24.8 Å². The number of nitrogens with zero attached hydrogens (tertiary/aromatic N) is 3. The van der Waals surface area contributed by atoms with Gasteiger partial charge in [-0.1, -0.05) is 18.2 Å². The zero-order chi connectivity index (χ0) is 15.6. The van der Waals surface area contributed by atoms with Crippen molar-refractivity contribution in [2.75, 3.05) is 13.6 Å². The number of carbonyl (C=O) groups is 1. The Balaban J connectivity index is 2.39. The van der Waals surface area contributed by atoms with Crippen LogP contribution in [-0.2, 0) is 11.3 Å². The number of likely N-dealkylation sites (N-methyl/N-ethyl adjacent to an activating group) is 1. The third kappa shape index (κ3) is 2.97. The fourth-order valence-corrected chi connectivity index (χ4v) is 2.42. The standard InChI is InChI=1S/C16H22N4O/c1-11-7-5-6-8-15(11)20-13(3)14(12(2)18-20)10-19(4)16(21)9-17/h5-8H,9-10,17H2,1-4H3. The van der Waals surface area contributed by atoms with E-state index in [0.717, 1.165) is 22.6 Å². The van der Waals surface area contributed by atoms with Crippen LogP contribution in [0.3, 0.4) is 0 Å². The lowest BCUT2D eigenvalue weighted by Crippen LogP contribution is -2.32. The maximum absolute atomic E-state index is 11.6. The number of carbonyl (C=O) groups excluding carboxylic acids is 1. The van der Waals surface area contributed by atoms with Gasteiger partial charge in [-0.25, -0.2) is 4.68 Å². The summed E-state index contributed by atoms with van der Waals surface area (Å²) in [5, 5.41) is 4.63. The number of rotatable bonds is 4. The first-order valence-electron chi connectivity index (χ1n) is 7.00. The second-order valence-corrected chi connectivity index (χ2v) is 5.30. The van der Waals surface area contributed by atoms with Crippen LogP contribution in [0.5, 0.6) is 0 Å². The van der Waals surface area contributed by atoms with Crippen LogP contribution in [0.2, 0.25) is 0 Å². The van der Waals surface area contributed by atoms with E-state index >= 15 is 0 Å². The number of benzene rings is 1. The molecule has 21 heavy (non-hydrogen) atoms. The highest BCUT2D eigenvalue weighted by atomic mass is 16.2. The predicted octanol–water partition coefficient (Wildman–Crippen LogP) is 1.71. The molecule has 2 aromatic rings. The Kier molecular flexibility index (Phi) is 4.43. The molecule has 0 saturated heterocycles. The largest absolute Gasteiger partial charge is 0.340 e. The third-order valence-corrected chi connectivity index (χ3v) is 3.78. The highest BCUT2D eigenvalue weighted by Crippen LogP contribution is 2.21. The van der Waals surface area contributed by atoms with E-state index in [1.165, 1.54) is 5.56 Å². The molecule has 0 aliphatic carbocycles. The van der Waals surface area contributed by atoms with Crippen LogP contribution in [0.4, 0.5) is 0 Å². The van der Waals surface area contributed by atoms with Gasteiger partial charge < -0.3 is 10.6 Å². The Hall–Kier alpha value is -2.14. The molecule has 1 heterocycles. The predicted molar refractivity (Wildman–Crippen MR) is 83.3 cm³/mol. The number of hydrogen-bond donors (Lipinski definition) is 1. The summed E-state index contributed by atoms with van der Waals surface area (Å²) in [6.07, 6.45) is 0. The number of aryl methyl sites for hydroxylation is 2. The molecule has 5 heteroatoms. The zero-order valence-corrected chi connectivity index (χ0v) is 13.1. The average Bonchev–Trinajstić information content (AvgIpc) is 2.74. The van der Waals surface area contributed by atoms with Gasteiger partial charge in [0.05, 0.1) is 17.9 Å². The molecule has 2 N–H and O–H groups in total. The summed E-state index contributed by atoms with van der Waals surface area (Å²) in [4.78, 5) is 13.3. The van der Waals surface area contributed by atoms with Crippen LogP contribution in [-0.4, -0.2) is 34.2 Å². The van der Waals surface area contributed by atoms with Crippen LogP contribution >= 0.6 is 0 Å². The molecule has 2 rings (SSSR count). The van der Waals surface area contributed by atoms with Gasteiger partial charge >= 0.3 is 0 Å². The highest BCUT2D eigenvalue weighted by Gasteiger charge is 2.17. The van der Waals surface area contributed by atoms with Crippen LogP contribution in [0.1, 0.15) is 22.5 Å². The molecule has 0 unspecified atom stereocenters. The molecule has 0 atom stereocenters. The van der Waals surface area contributed by atoms with Crippen LogP contribution < -0.4 is 5.73 Å². The minimum absolute atomic E-state index is 0.0283. The molecule has 0 spiro atoms. The van der Waals surface area contributed by atoms with E-state index in [2.05, 4.69) is 18.1 Å². The zero-order valence-electron chi connectivity index (χ0n) is 13.1. The molecular weight excluding hydrogens is 264 g/mol. The van der Waals surface area contributed by atoms with Crippen molar-refractivity contribution < 1.29 is 4.79 Å². The summed E-state index contributed by atoms with van der Waals surface area (Å²) in [7, 11) is 1.76. The van der Waals surface area contributed by atoms with Crippen molar-refractivity contribution in [1.82, 2.24) is 14.7 Å². The highest BCUT2D eigenvalue weighted by molar-refractivity contribution is 5.77. The van der Waals surface area contributed by atoms with Crippen molar-refractivity contribution in [3.8, 4) is 5.69 Å². The number of amides is 1. The van der Waals surface area contributed by atoms with Crippen LogP contribution in [0.15, 0.2) is 24.3 Å². The van der Waals surface area contributed by atoms with Crippen molar-refractivity contribution in [3.05, 3.63) is 46.8 Å². The fraction of sp³-hybridized carbons (Fsp3) is 0.375. The maximum Gasteiger partial charge on any atom is 0.236 e. The van der Waals surface area contributed by atoms with E-state index in [1.54, 1.807) is 11.9 Å². The lowest BCUT2D eigenvalue weighted by molar-refractivity contribution is -0.128. The smallest absolute Gasteiger partial charge is 0.236 e. The number of para-hydroxylation sites is 1. The van der Waals surface area contributed by atoms with Gasteiger partial charge in [0.15, 0.2) is 0 Å². The Morgan fingerprint density at radius 2 is 1.95 bits per heavy atom. The van der Waals surface area contributed by atoms with Gasteiger partial charge in [-0.3, -0.25) is 4.79 Å². The topological polar surface area (TPSA) is 64.2 Å². The van der Waals surface area contributed by atoms with E-state index in [0.29, 0.717) is 6.54 Å². The van der Waals surface area contributed by atoms with E-state index in [1.807, 2.05) is 36.7 Å². The minimum Gasteiger partial charge on any atom is -0.340 e. The molecule has 0 saturated carbocycles. The van der Waals surface area contributed by atoms with E-state index in [-0.39, 0.29) is 12.5 Å². The van der Waals surface area contributed by atoms with Crippen LogP contribution in [0.25, 0.3) is 5.69 Å². The SMILES string of the molecule is Cc1ccccc1-n1nc(C)c(CN(C)C(=O)CN)c1C. The molecule has 0 radical (unpaired) electrons. The van der Waals surface area contributed by atoms with Gasteiger partial charge in [0.2, 0.25) is 5.91 Å². The monoisotopic (exact) mass is 286 g/mol. The van der Waals surface area contributed by atoms with Crippen molar-refractivity contribution in [3.63, 3.8) is 0 Å². The Labute approximate surface area is 125 Å². The van der Waals surface area contributed by atoms with E-state index < -0.39 is 0 Å². The fourth-order valence-electron chi connectivity index (χ4n) is 2.42. The molecule has 1 aromatic carbocycles. The summed E-state index contributed by atoms with van der Waals surface area (Å²) in [6.45, 7) is 6.62. The number of nitrogens with two attached hydrogens (primary N) is 1. The first kappa shape index (κ1) is 15.3. The van der Waals surface area contributed by atoms with Gasteiger partial charge in [-0.15, -0.1) is 0 Å². The van der Waals surface area contributed by atoms with Gasteiger partial charge in [0.1, 0.15) is 0 Å². The molecule has 0 aliphatic heterocycles. The normalized spacial score (nSPS) is 10.7. The van der Waals surface area contributed by atoms with Gasteiger partial charge in [-0.2, -0.15) is 5.10 Å². The molecule has 0 aliphatic rings. The first-order chi connectivity index (χ1) is 9.95. The third-order valence-electron chi connectivity index (χ3n) is 3.78. The summed E-state index contributed by atoms with van der Waals surface area (Å²) >= 11 is 0. The molecule has 1 aromatic heterocycles. The molecule has 1 amide bonds. The summed E-state index contributed by atoms with van der Waals surface area (Å²) < 4.78 is 1.95. The van der Waals surface area contributed by atoms with Crippen molar-refractivity contribution in [1.29, 1.82) is 0 Å². The number of hydrogen-bond acceptors (Lipinski definition) is 3. The van der Waals surface area contributed by atoms with E-state index in [9.17, 15) is 4.79 Å². The Bertz CT molecular complexity index is 660. The quantitative estimate of drug-likeness (QED) is 0.930. The molecular formula is C16H22N4O. The Morgan fingerprint density at radius 3 is 2.57 bits per heavy atom. The maximum atomic E-state index is 11.6. The van der Waals surface area contributed by atoms with Gasteiger partial charge in [-0.05, 0) is 32.4 Å². The minimum atomic E-state index is -0.0718. The molecule has 0 fully saturated rings. The average molecular weight is 286 g/mol.